The number of nitrogens with one attached hydrogen (secondary N) is 1. The molecule has 0 spiro atoms. The van der Waals surface area contributed by atoms with Crippen molar-refractivity contribution in [2.75, 3.05) is 0 Å². The summed E-state index contributed by atoms with van der Waals surface area (Å²) in [5.74, 6) is 0. The zero-order valence-corrected chi connectivity index (χ0v) is 33.3. The molecule has 0 saturated carbocycles. The Kier molecular flexibility index (Phi) is 7.87. The Balaban J connectivity index is 0.000000268. The summed E-state index contributed by atoms with van der Waals surface area (Å²) in [6.07, 6.45) is 0. The van der Waals surface area contributed by atoms with Gasteiger partial charge in [-0.1, -0.05) is 146 Å². The topological polar surface area (TPSA) is 58.7 Å². The van der Waals surface area contributed by atoms with Gasteiger partial charge in [-0.05, 0) is 54.6 Å². The minimum absolute atomic E-state index is 0.416. The molecule has 62 heavy (non-hydrogen) atoms. The Bertz CT molecular complexity index is 3670. The lowest BCUT2D eigenvalue weighted by Crippen LogP contribution is -2.08. The van der Waals surface area contributed by atoms with E-state index in [0.717, 1.165) is 76.8 Å². The van der Waals surface area contributed by atoms with Crippen LogP contribution in [0.5, 0.6) is 0 Å². The van der Waals surface area contributed by atoms with Gasteiger partial charge >= 0.3 is 0 Å². The van der Waals surface area contributed by atoms with Gasteiger partial charge in [0.05, 0.1) is 62.3 Å². The van der Waals surface area contributed by atoms with E-state index in [1.165, 1.54) is 21.8 Å². The quantitative estimate of drug-likeness (QED) is 0.178. The number of aromatic nitrogens is 4. The molecule has 0 atom stereocenters. The highest BCUT2D eigenvalue weighted by atomic mass is 15.1. The molecule has 4 aromatic heterocycles. The maximum Gasteiger partial charge on any atom is 0.235 e. The van der Waals surface area contributed by atoms with Gasteiger partial charge in [-0.15, -0.1) is 0 Å². The highest BCUT2D eigenvalue weighted by Gasteiger charge is 2.28. The van der Waals surface area contributed by atoms with E-state index in [1.807, 2.05) is 48.5 Å². The van der Waals surface area contributed by atoms with Crippen LogP contribution in [0.15, 0.2) is 200 Å². The third-order valence-electron chi connectivity index (χ3n) is 12.3. The third kappa shape index (κ3) is 5.08. The van der Waals surface area contributed by atoms with Crippen LogP contribution in [0.2, 0.25) is 0 Å². The van der Waals surface area contributed by atoms with Gasteiger partial charge in [0, 0.05) is 54.1 Å². The molecule has 288 valence electrons. The van der Waals surface area contributed by atoms with Crippen LogP contribution in [-0.2, 0) is 0 Å². The van der Waals surface area contributed by atoms with Crippen molar-refractivity contribution in [2.45, 2.75) is 0 Å². The van der Waals surface area contributed by atoms with E-state index in [2.05, 4.69) is 181 Å². The molecule has 1 N–H and O–H groups in total. The molecule has 0 radical (unpaired) electrons. The predicted molar refractivity (Wildman–Crippen MR) is 256 cm³/mol. The van der Waals surface area contributed by atoms with Crippen molar-refractivity contribution in [3.8, 4) is 23.1 Å². The first-order chi connectivity index (χ1) is 30.7. The Morgan fingerprint density at radius 1 is 0.387 bits per heavy atom. The maximum atomic E-state index is 11.3. The molecule has 0 aliphatic rings. The summed E-state index contributed by atoms with van der Waals surface area (Å²) >= 11 is 0. The molecule has 6 heteroatoms. The van der Waals surface area contributed by atoms with Gasteiger partial charge in [0.1, 0.15) is 6.07 Å². The van der Waals surface area contributed by atoms with E-state index in [4.69, 9.17) is 6.57 Å². The fourth-order valence-corrected chi connectivity index (χ4v) is 9.74. The summed E-state index contributed by atoms with van der Waals surface area (Å²) in [7, 11) is 0. The smallest absolute Gasteiger partial charge is 0.235 e. The van der Waals surface area contributed by atoms with Crippen LogP contribution in [0.25, 0.3) is 109 Å². The van der Waals surface area contributed by atoms with Crippen molar-refractivity contribution in [3.05, 3.63) is 217 Å². The summed E-state index contributed by atoms with van der Waals surface area (Å²) in [6.45, 7) is 8.82. The molecule has 13 aromatic rings. The average Bonchev–Trinajstić information content (AvgIpc) is 4.08. The van der Waals surface area contributed by atoms with E-state index < -0.39 is 0 Å². The lowest BCUT2D eigenvalue weighted by molar-refractivity contribution is 1.09. The summed E-state index contributed by atoms with van der Waals surface area (Å²) < 4.78 is 6.53. The predicted octanol–water partition coefficient (Wildman–Crippen LogP) is 14.7. The molecule has 9 aromatic carbocycles. The lowest BCUT2D eigenvalue weighted by atomic mass is 10.1. The summed E-state index contributed by atoms with van der Waals surface area (Å²) in [4.78, 5) is 7.69. The number of hydrogen-bond donors (Lipinski definition) is 1. The second kappa shape index (κ2) is 13.9. The molecule has 0 bridgehead atoms. The number of rotatable bonds is 3. The normalized spacial score (nSPS) is 11.5. The van der Waals surface area contributed by atoms with Gasteiger partial charge < -0.3 is 18.7 Å². The van der Waals surface area contributed by atoms with Crippen LogP contribution in [0.1, 0.15) is 5.56 Å². The van der Waals surface area contributed by atoms with Crippen molar-refractivity contribution >= 4 is 92.9 Å². The largest absolute Gasteiger partial charge is 0.355 e. The van der Waals surface area contributed by atoms with E-state index in [-0.39, 0.29) is 0 Å². The van der Waals surface area contributed by atoms with Gasteiger partial charge in [-0.3, -0.25) is 0 Å². The van der Waals surface area contributed by atoms with Gasteiger partial charge in [-0.25, -0.2) is 4.85 Å². The molecular weight excluding hydrogens is 757 g/mol. The number of aromatic amines is 1. The monoisotopic (exact) mass is 790 g/mol. The molecule has 13 rings (SSSR count). The number of benzene rings is 9. The fraction of sp³-hybridized carbons (Fsp3) is 0. The van der Waals surface area contributed by atoms with Crippen molar-refractivity contribution in [2.24, 2.45) is 0 Å². The van der Waals surface area contributed by atoms with Crippen molar-refractivity contribution in [3.63, 3.8) is 0 Å². The number of nitrogens with zero attached hydrogens (tertiary/aromatic N) is 5. The third-order valence-corrected chi connectivity index (χ3v) is 12.3. The first kappa shape index (κ1) is 35.1. The van der Waals surface area contributed by atoms with Gasteiger partial charge in [0.25, 0.3) is 0 Å². The van der Waals surface area contributed by atoms with Crippen molar-refractivity contribution < 1.29 is 0 Å². The number of hydrogen-bond acceptors (Lipinski definition) is 1. The molecular formula is C56H34N6. The molecule has 0 aliphatic heterocycles. The SMILES string of the molecule is [C-]#[N+]c1c(-n2c3ccccc3c3ccccc32)cc(-n2c3ccccc3c3ccccc32)c(C#N)c1-n1c2ccccc2c2ccccc21.c1ccc2c(c1)[nH]c1ccccc12. The van der Waals surface area contributed by atoms with Crippen LogP contribution in [-0.4, -0.2) is 18.7 Å². The zero-order valence-electron chi connectivity index (χ0n) is 33.3. The van der Waals surface area contributed by atoms with Crippen LogP contribution in [0, 0.1) is 17.9 Å². The Labute approximate surface area is 355 Å². The first-order valence-corrected chi connectivity index (χ1v) is 20.6. The highest BCUT2D eigenvalue weighted by molar-refractivity contribution is 6.14. The van der Waals surface area contributed by atoms with Gasteiger partial charge in [0.2, 0.25) is 5.69 Å². The first-order valence-electron chi connectivity index (χ1n) is 20.6. The average molecular weight is 791 g/mol. The Hall–Kier alpha value is -8.84. The van der Waals surface area contributed by atoms with E-state index in [0.29, 0.717) is 16.9 Å². The minimum atomic E-state index is 0.416. The molecule has 0 saturated heterocycles. The molecule has 0 aliphatic carbocycles. The molecule has 0 amide bonds. The minimum Gasteiger partial charge on any atom is -0.355 e. The molecule has 0 unspecified atom stereocenters. The Morgan fingerprint density at radius 3 is 1.05 bits per heavy atom. The van der Waals surface area contributed by atoms with Gasteiger partial charge in [0.15, 0.2) is 0 Å². The lowest BCUT2D eigenvalue weighted by Gasteiger charge is -2.21. The van der Waals surface area contributed by atoms with E-state index in [1.54, 1.807) is 0 Å². The molecule has 4 heterocycles. The van der Waals surface area contributed by atoms with Crippen LogP contribution in [0.4, 0.5) is 5.69 Å². The Morgan fingerprint density at radius 2 is 0.694 bits per heavy atom. The van der Waals surface area contributed by atoms with Crippen LogP contribution < -0.4 is 0 Å². The van der Waals surface area contributed by atoms with Crippen LogP contribution in [0.3, 0.4) is 0 Å². The van der Waals surface area contributed by atoms with Crippen molar-refractivity contribution in [1.29, 1.82) is 5.26 Å². The number of nitriles is 1. The highest BCUT2D eigenvalue weighted by Crippen LogP contribution is 2.46. The number of H-pyrrole nitrogens is 1. The second-order valence-electron chi connectivity index (χ2n) is 15.5. The zero-order chi connectivity index (χ0) is 41.3. The second-order valence-corrected chi connectivity index (χ2v) is 15.5. The summed E-state index contributed by atoms with van der Waals surface area (Å²) in [5.41, 5.74) is 11.2. The maximum absolute atomic E-state index is 11.3. The fourth-order valence-electron chi connectivity index (χ4n) is 9.74. The van der Waals surface area contributed by atoms with Crippen molar-refractivity contribution in [1.82, 2.24) is 18.7 Å². The number of para-hydroxylation sites is 8. The molecule has 6 nitrogen and oxygen atoms in total. The summed E-state index contributed by atoms with van der Waals surface area (Å²) in [6, 6.07) is 71.3. The summed E-state index contributed by atoms with van der Waals surface area (Å²) in [5, 5.41) is 20.5. The standard InChI is InChI=1S/C44H25N5.C12H9N/c1-46-43-42(48-37-22-10-4-16-30(37)31-17-5-11-23-38(31)48)26-41(47-35-20-8-2-14-28(35)29-15-3-9-21-36(29)47)34(27-45)44(43)49-39-24-12-6-18-32(39)33-19-7-13-25-40(33)49;1-3-7-11-9(5-1)10-6-2-4-8-12(10)13-11/h2-26H;1-8,13H. The molecule has 0 fully saturated rings. The van der Waals surface area contributed by atoms with Crippen LogP contribution >= 0.6 is 0 Å². The van der Waals surface area contributed by atoms with E-state index in [9.17, 15) is 5.26 Å². The van der Waals surface area contributed by atoms with Gasteiger partial charge in [-0.2, -0.15) is 5.26 Å². The van der Waals surface area contributed by atoms with E-state index >= 15 is 0 Å². The number of fused-ring (bicyclic) bond motifs is 12.